The monoisotopic (exact) mass is 275 g/mol. The minimum Gasteiger partial charge on any atom is -0.465 e. The fourth-order valence-corrected chi connectivity index (χ4v) is 1.63. The van der Waals surface area contributed by atoms with Gasteiger partial charge in [-0.2, -0.15) is 0 Å². The summed E-state index contributed by atoms with van der Waals surface area (Å²) in [6, 6.07) is 6.27. The van der Waals surface area contributed by atoms with Crippen LogP contribution in [0, 0.1) is 5.82 Å². The third-order valence-corrected chi connectivity index (χ3v) is 2.68. The van der Waals surface area contributed by atoms with Crippen molar-refractivity contribution in [3.8, 4) is 0 Å². The van der Waals surface area contributed by atoms with Crippen molar-refractivity contribution in [2.75, 3.05) is 7.11 Å². The molecule has 0 amide bonds. The van der Waals surface area contributed by atoms with E-state index in [1.807, 2.05) is 0 Å². The van der Waals surface area contributed by atoms with E-state index >= 15 is 0 Å². The molecule has 0 saturated heterocycles. The molecule has 2 heterocycles. The number of carbonyl (C=O) groups excluding carboxylic acids is 1. The molecule has 0 spiro atoms. The first kappa shape index (κ1) is 14.1. The molecule has 1 N–H and O–H groups in total. The smallest absolute Gasteiger partial charge is 0.339 e. The molecule has 5 nitrogen and oxygen atoms in total. The molecule has 2 aromatic heterocycles. The maximum atomic E-state index is 13.3. The summed E-state index contributed by atoms with van der Waals surface area (Å²) in [5, 5.41) is 3.04. The molecule has 0 aromatic carbocycles. The molecule has 0 aliphatic heterocycles. The minimum atomic E-state index is -0.424. The normalized spacial score (nSPS) is 10.3. The first-order valence-electron chi connectivity index (χ1n) is 6.04. The highest BCUT2D eigenvalue weighted by molar-refractivity contribution is 5.88. The third kappa shape index (κ3) is 3.58. The van der Waals surface area contributed by atoms with Gasteiger partial charge in [0.1, 0.15) is 5.82 Å². The van der Waals surface area contributed by atoms with Crippen LogP contribution < -0.4 is 5.32 Å². The summed E-state index contributed by atoms with van der Waals surface area (Å²) in [4.78, 5) is 19.3. The Morgan fingerprint density at radius 1 is 1.30 bits per heavy atom. The lowest BCUT2D eigenvalue weighted by atomic mass is 10.2. The van der Waals surface area contributed by atoms with Crippen LogP contribution >= 0.6 is 0 Å². The molecule has 0 atom stereocenters. The van der Waals surface area contributed by atoms with Crippen molar-refractivity contribution in [1.82, 2.24) is 15.3 Å². The number of rotatable bonds is 5. The highest BCUT2D eigenvalue weighted by Crippen LogP contribution is 2.04. The number of hydrogen-bond donors (Lipinski definition) is 1. The number of ether oxygens (including phenoxy) is 1. The van der Waals surface area contributed by atoms with Gasteiger partial charge in [-0.25, -0.2) is 9.18 Å². The number of hydrogen-bond acceptors (Lipinski definition) is 5. The van der Waals surface area contributed by atoms with Gasteiger partial charge >= 0.3 is 5.97 Å². The molecular formula is C14H14FN3O2. The zero-order chi connectivity index (χ0) is 14.4. The second kappa shape index (κ2) is 6.72. The van der Waals surface area contributed by atoms with Gasteiger partial charge in [-0.1, -0.05) is 0 Å². The lowest BCUT2D eigenvalue weighted by molar-refractivity contribution is 0.0600. The number of aromatic nitrogens is 2. The van der Waals surface area contributed by atoms with Gasteiger partial charge in [0.15, 0.2) is 0 Å². The van der Waals surface area contributed by atoms with E-state index in [9.17, 15) is 9.18 Å². The van der Waals surface area contributed by atoms with Crippen LogP contribution in [0.1, 0.15) is 21.7 Å². The Morgan fingerprint density at radius 2 is 2.15 bits per heavy atom. The summed E-state index contributed by atoms with van der Waals surface area (Å²) in [7, 11) is 1.32. The van der Waals surface area contributed by atoms with Crippen LogP contribution in [-0.4, -0.2) is 23.0 Å². The molecule has 0 unspecified atom stereocenters. The zero-order valence-electron chi connectivity index (χ0n) is 11.0. The summed E-state index contributed by atoms with van der Waals surface area (Å²) >= 11 is 0. The Balaban J connectivity index is 1.88. The Kier molecular flexibility index (Phi) is 4.73. The molecule has 2 rings (SSSR count). The van der Waals surface area contributed by atoms with Crippen molar-refractivity contribution in [1.29, 1.82) is 0 Å². The van der Waals surface area contributed by atoms with Crippen molar-refractivity contribution in [3.63, 3.8) is 0 Å². The first-order valence-corrected chi connectivity index (χ1v) is 6.04. The largest absolute Gasteiger partial charge is 0.465 e. The van der Waals surface area contributed by atoms with E-state index in [2.05, 4.69) is 20.0 Å². The SMILES string of the molecule is COC(=O)c1ccc(CNCc2ncccc2F)nc1. The topological polar surface area (TPSA) is 64.1 Å². The van der Waals surface area contributed by atoms with E-state index in [1.54, 1.807) is 24.4 Å². The summed E-state index contributed by atoms with van der Waals surface area (Å²) < 4.78 is 17.9. The Bertz CT molecular complexity index is 587. The zero-order valence-corrected chi connectivity index (χ0v) is 11.0. The Hall–Kier alpha value is -2.34. The van der Waals surface area contributed by atoms with E-state index in [4.69, 9.17) is 0 Å². The molecular weight excluding hydrogens is 261 g/mol. The van der Waals surface area contributed by atoms with Gasteiger partial charge in [0, 0.05) is 25.5 Å². The molecule has 6 heteroatoms. The standard InChI is InChI=1S/C14H14FN3O2/c1-20-14(19)10-4-5-11(18-7-10)8-16-9-13-12(15)3-2-6-17-13/h2-7,16H,8-9H2,1H3. The van der Waals surface area contributed by atoms with Crippen LogP contribution in [0.5, 0.6) is 0 Å². The molecule has 2 aromatic rings. The van der Waals surface area contributed by atoms with Crippen LogP contribution in [0.25, 0.3) is 0 Å². The van der Waals surface area contributed by atoms with Crippen molar-refractivity contribution < 1.29 is 13.9 Å². The van der Waals surface area contributed by atoms with Gasteiger partial charge < -0.3 is 10.1 Å². The lowest BCUT2D eigenvalue weighted by Gasteiger charge is -2.05. The summed E-state index contributed by atoms with van der Waals surface area (Å²) in [5.74, 6) is -0.762. The molecule has 20 heavy (non-hydrogen) atoms. The molecule has 0 bridgehead atoms. The van der Waals surface area contributed by atoms with E-state index < -0.39 is 5.97 Å². The Morgan fingerprint density at radius 3 is 2.80 bits per heavy atom. The van der Waals surface area contributed by atoms with Crippen molar-refractivity contribution in [2.24, 2.45) is 0 Å². The van der Waals surface area contributed by atoms with Gasteiger partial charge in [0.2, 0.25) is 0 Å². The fraction of sp³-hybridized carbons (Fsp3) is 0.214. The third-order valence-electron chi connectivity index (χ3n) is 2.68. The molecule has 0 radical (unpaired) electrons. The second-order valence-electron chi connectivity index (χ2n) is 4.07. The van der Waals surface area contributed by atoms with Crippen LogP contribution in [0.15, 0.2) is 36.7 Å². The van der Waals surface area contributed by atoms with E-state index in [0.717, 1.165) is 5.69 Å². The number of nitrogens with one attached hydrogen (secondary N) is 1. The molecule has 0 aliphatic carbocycles. The fourth-order valence-electron chi connectivity index (χ4n) is 1.63. The number of carbonyl (C=O) groups is 1. The van der Waals surface area contributed by atoms with Crippen LogP contribution in [0.3, 0.4) is 0 Å². The van der Waals surface area contributed by atoms with Crippen LogP contribution in [0.4, 0.5) is 4.39 Å². The number of methoxy groups -OCH3 is 1. The molecule has 0 saturated carbocycles. The van der Waals surface area contributed by atoms with E-state index in [0.29, 0.717) is 24.3 Å². The average Bonchev–Trinajstić information content (AvgIpc) is 2.49. The summed E-state index contributed by atoms with van der Waals surface area (Å²) in [5.41, 5.74) is 1.50. The Labute approximate surface area is 115 Å². The maximum Gasteiger partial charge on any atom is 0.339 e. The quantitative estimate of drug-likeness (QED) is 0.841. The number of nitrogens with zero attached hydrogens (tertiary/aromatic N) is 2. The van der Waals surface area contributed by atoms with Gasteiger partial charge in [0.05, 0.1) is 24.1 Å². The molecule has 104 valence electrons. The maximum absolute atomic E-state index is 13.3. The van der Waals surface area contributed by atoms with Crippen LogP contribution in [-0.2, 0) is 17.8 Å². The van der Waals surface area contributed by atoms with Gasteiger partial charge in [-0.05, 0) is 24.3 Å². The number of halogens is 1. The van der Waals surface area contributed by atoms with Gasteiger partial charge in [-0.15, -0.1) is 0 Å². The molecule has 0 fully saturated rings. The van der Waals surface area contributed by atoms with Crippen molar-refractivity contribution >= 4 is 5.97 Å². The van der Waals surface area contributed by atoms with Crippen LogP contribution in [0.2, 0.25) is 0 Å². The summed E-state index contributed by atoms with van der Waals surface area (Å²) in [6.07, 6.45) is 2.99. The van der Waals surface area contributed by atoms with Gasteiger partial charge in [0.25, 0.3) is 0 Å². The van der Waals surface area contributed by atoms with E-state index in [-0.39, 0.29) is 5.82 Å². The number of esters is 1. The average molecular weight is 275 g/mol. The summed E-state index contributed by atoms with van der Waals surface area (Å²) in [6.45, 7) is 0.768. The lowest BCUT2D eigenvalue weighted by Crippen LogP contribution is -2.16. The predicted molar refractivity (Wildman–Crippen MR) is 70.3 cm³/mol. The predicted octanol–water partition coefficient (Wildman–Crippen LogP) is 1.69. The van der Waals surface area contributed by atoms with E-state index in [1.165, 1.54) is 19.4 Å². The molecule has 0 aliphatic rings. The highest BCUT2D eigenvalue weighted by Gasteiger charge is 2.06. The van der Waals surface area contributed by atoms with Gasteiger partial charge in [-0.3, -0.25) is 9.97 Å². The number of pyridine rings is 2. The first-order chi connectivity index (χ1) is 9.70. The second-order valence-corrected chi connectivity index (χ2v) is 4.07. The van der Waals surface area contributed by atoms with Crippen molar-refractivity contribution in [2.45, 2.75) is 13.1 Å². The highest BCUT2D eigenvalue weighted by atomic mass is 19.1. The van der Waals surface area contributed by atoms with Crippen molar-refractivity contribution in [3.05, 3.63) is 59.4 Å². The minimum absolute atomic E-state index is 0.313.